The third-order valence-electron chi connectivity index (χ3n) is 5.03. The molecule has 2 N–H and O–H groups in total. The SMILES string of the molecule is Cn1cncc1C1=C[N+](Cc2ccc3ccsc3c2)(c2ccccc2N)N=N1. The standard InChI is InChI=1S/C21H19N6S/c1-26-14-23-11-19(26)18-13-27(25-24-18,20-5-3-2-4-17(20)22)12-15-6-7-16-8-9-28-21(16)10-15/h2-11,13-14H,12,22H2,1H3/q+1. The monoisotopic (exact) mass is 387 g/mol. The van der Waals surface area contributed by atoms with Crippen molar-refractivity contribution in [1.82, 2.24) is 14.1 Å². The minimum atomic E-state index is 0.198. The lowest BCUT2D eigenvalue weighted by Gasteiger charge is -2.24. The number of nitrogens with two attached hydrogens (primary N) is 1. The summed E-state index contributed by atoms with van der Waals surface area (Å²) in [5.41, 5.74) is 10.8. The molecule has 1 atom stereocenters. The molecule has 0 amide bonds. The van der Waals surface area contributed by atoms with Crippen LogP contribution in [0.15, 0.2) is 83.0 Å². The molecule has 0 spiro atoms. The average Bonchev–Trinajstić information content (AvgIpc) is 3.42. The van der Waals surface area contributed by atoms with Crippen molar-refractivity contribution in [1.29, 1.82) is 0 Å². The molecule has 138 valence electrons. The summed E-state index contributed by atoms with van der Waals surface area (Å²) >= 11 is 1.75. The highest BCUT2D eigenvalue weighted by Crippen LogP contribution is 2.39. The van der Waals surface area contributed by atoms with E-state index in [1.54, 1.807) is 23.9 Å². The van der Waals surface area contributed by atoms with Crippen LogP contribution in [0.4, 0.5) is 11.4 Å². The van der Waals surface area contributed by atoms with Crippen molar-refractivity contribution in [3.05, 3.63) is 83.9 Å². The second-order valence-electron chi connectivity index (χ2n) is 6.93. The number of rotatable bonds is 4. The third-order valence-corrected chi connectivity index (χ3v) is 5.90. The number of nitrogen functional groups attached to an aromatic ring is 1. The number of aryl methyl sites for hydroxylation is 1. The first-order valence-electron chi connectivity index (χ1n) is 8.96. The maximum absolute atomic E-state index is 6.35. The summed E-state index contributed by atoms with van der Waals surface area (Å²) in [5, 5.41) is 12.6. The highest BCUT2D eigenvalue weighted by molar-refractivity contribution is 7.17. The highest BCUT2D eigenvalue weighted by Gasteiger charge is 2.38. The molecule has 2 aromatic carbocycles. The number of aromatic nitrogens is 2. The fourth-order valence-electron chi connectivity index (χ4n) is 3.60. The predicted molar refractivity (Wildman–Crippen MR) is 114 cm³/mol. The highest BCUT2D eigenvalue weighted by atomic mass is 32.1. The van der Waals surface area contributed by atoms with Gasteiger partial charge in [0, 0.05) is 28.6 Å². The molecule has 3 heterocycles. The third kappa shape index (κ3) is 2.72. The van der Waals surface area contributed by atoms with E-state index in [0.717, 1.165) is 17.1 Å². The first kappa shape index (κ1) is 16.9. The number of benzene rings is 2. The molecule has 0 radical (unpaired) electrons. The summed E-state index contributed by atoms with van der Waals surface area (Å²) in [7, 11) is 1.95. The lowest BCUT2D eigenvalue weighted by molar-refractivity contribution is 0.377. The Morgan fingerprint density at radius 2 is 2.04 bits per heavy atom. The largest absolute Gasteiger partial charge is 0.394 e. The number of para-hydroxylation sites is 2. The number of imidazole rings is 1. The van der Waals surface area contributed by atoms with Crippen molar-refractivity contribution in [3.63, 3.8) is 0 Å². The van der Waals surface area contributed by atoms with Crippen LogP contribution in [-0.2, 0) is 13.6 Å². The molecule has 28 heavy (non-hydrogen) atoms. The molecule has 1 aliphatic rings. The first-order chi connectivity index (χ1) is 13.6. The number of thiophene rings is 1. The minimum absolute atomic E-state index is 0.198. The second-order valence-corrected chi connectivity index (χ2v) is 7.88. The molecule has 4 aromatic rings. The molecule has 0 aliphatic carbocycles. The lowest BCUT2D eigenvalue weighted by atomic mass is 10.1. The van der Waals surface area contributed by atoms with E-state index in [0.29, 0.717) is 12.2 Å². The van der Waals surface area contributed by atoms with E-state index in [1.807, 2.05) is 35.9 Å². The van der Waals surface area contributed by atoms with Crippen molar-refractivity contribution in [3.8, 4) is 0 Å². The summed E-state index contributed by atoms with van der Waals surface area (Å²) in [6, 6.07) is 16.5. The van der Waals surface area contributed by atoms with E-state index < -0.39 is 0 Å². The van der Waals surface area contributed by atoms with Crippen molar-refractivity contribution in [2.75, 3.05) is 5.73 Å². The zero-order valence-corrected chi connectivity index (χ0v) is 16.2. The summed E-state index contributed by atoms with van der Waals surface area (Å²) in [6.07, 6.45) is 5.62. The van der Waals surface area contributed by atoms with Crippen molar-refractivity contribution in [2.24, 2.45) is 17.4 Å². The Bertz CT molecular complexity index is 1230. The molecule has 0 fully saturated rings. The van der Waals surface area contributed by atoms with Crippen LogP contribution in [0.25, 0.3) is 15.8 Å². The van der Waals surface area contributed by atoms with Crippen molar-refractivity contribution < 1.29 is 0 Å². The van der Waals surface area contributed by atoms with Gasteiger partial charge >= 0.3 is 0 Å². The second kappa shape index (κ2) is 6.40. The molecule has 2 aromatic heterocycles. The van der Waals surface area contributed by atoms with E-state index in [-0.39, 0.29) is 4.59 Å². The Labute approximate surface area is 166 Å². The van der Waals surface area contributed by atoms with Gasteiger partial charge in [-0.3, -0.25) is 0 Å². The normalized spacial score (nSPS) is 18.7. The molecule has 1 aliphatic heterocycles. The smallest absolute Gasteiger partial charge is 0.188 e. The molecule has 0 bridgehead atoms. The number of hydrogen-bond acceptors (Lipinski definition) is 5. The molecule has 0 saturated heterocycles. The number of anilines is 1. The van der Waals surface area contributed by atoms with Gasteiger partial charge in [0.05, 0.1) is 23.9 Å². The Balaban J connectivity index is 1.64. The average molecular weight is 387 g/mol. The van der Waals surface area contributed by atoms with Gasteiger partial charge in [0.1, 0.15) is 6.54 Å². The van der Waals surface area contributed by atoms with E-state index in [1.165, 1.54) is 15.6 Å². The van der Waals surface area contributed by atoms with Gasteiger partial charge in [0.15, 0.2) is 17.6 Å². The fourth-order valence-corrected chi connectivity index (χ4v) is 4.45. The minimum Gasteiger partial charge on any atom is -0.394 e. The maximum atomic E-state index is 6.35. The summed E-state index contributed by atoms with van der Waals surface area (Å²) in [5.74, 6) is 0. The molecule has 6 nitrogen and oxygen atoms in total. The van der Waals surface area contributed by atoms with Crippen LogP contribution >= 0.6 is 11.3 Å². The van der Waals surface area contributed by atoms with E-state index >= 15 is 0 Å². The van der Waals surface area contributed by atoms with Crippen molar-refractivity contribution in [2.45, 2.75) is 6.54 Å². The summed E-state index contributed by atoms with van der Waals surface area (Å²) < 4.78 is 3.41. The van der Waals surface area contributed by atoms with Gasteiger partial charge in [-0.1, -0.05) is 29.4 Å². The number of nitrogens with zero attached hydrogens (tertiary/aromatic N) is 5. The topological polar surface area (TPSA) is 68.6 Å². The van der Waals surface area contributed by atoms with Crippen LogP contribution in [0.2, 0.25) is 0 Å². The van der Waals surface area contributed by atoms with Gasteiger partial charge < -0.3 is 10.3 Å². The van der Waals surface area contributed by atoms with Gasteiger partial charge in [-0.2, -0.15) is 0 Å². The van der Waals surface area contributed by atoms with Crippen molar-refractivity contribution >= 4 is 38.5 Å². The quantitative estimate of drug-likeness (QED) is 0.391. The Kier molecular flexibility index (Phi) is 3.85. The molecule has 0 saturated carbocycles. The van der Waals surface area contributed by atoms with Crippen LogP contribution in [0.5, 0.6) is 0 Å². The zero-order chi connectivity index (χ0) is 19.1. The van der Waals surface area contributed by atoms with Crippen LogP contribution < -0.4 is 10.3 Å². The van der Waals surface area contributed by atoms with Crippen LogP contribution in [0, 0.1) is 0 Å². The zero-order valence-electron chi connectivity index (χ0n) is 15.4. The van der Waals surface area contributed by atoms with E-state index in [4.69, 9.17) is 11.0 Å². The molecule has 1 unspecified atom stereocenters. The van der Waals surface area contributed by atoms with Gasteiger partial charge in [-0.05, 0) is 29.0 Å². The summed E-state index contributed by atoms with van der Waals surface area (Å²) in [6.45, 7) is 0.632. The Morgan fingerprint density at radius 3 is 2.86 bits per heavy atom. The van der Waals surface area contributed by atoms with Crippen LogP contribution in [0.3, 0.4) is 0 Å². The molecule has 5 rings (SSSR count). The lowest BCUT2D eigenvalue weighted by Crippen LogP contribution is -2.36. The Morgan fingerprint density at radius 1 is 1.14 bits per heavy atom. The maximum Gasteiger partial charge on any atom is 0.188 e. The van der Waals surface area contributed by atoms with Crippen LogP contribution in [-0.4, -0.2) is 9.55 Å². The number of hydrogen-bond donors (Lipinski definition) is 1. The molecule has 7 heteroatoms. The Hall–Kier alpha value is -3.29. The van der Waals surface area contributed by atoms with Gasteiger partial charge in [0.2, 0.25) is 0 Å². The van der Waals surface area contributed by atoms with E-state index in [2.05, 4.69) is 45.9 Å². The van der Waals surface area contributed by atoms with Crippen LogP contribution in [0.1, 0.15) is 11.3 Å². The molecular formula is C21H19N6S+. The van der Waals surface area contributed by atoms with Gasteiger partial charge in [0.25, 0.3) is 0 Å². The summed E-state index contributed by atoms with van der Waals surface area (Å²) in [4.78, 5) is 4.21. The fraction of sp³-hybridized carbons (Fsp3) is 0.0952. The number of fused-ring (bicyclic) bond motifs is 1. The first-order valence-corrected chi connectivity index (χ1v) is 9.84. The van der Waals surface area contributed by atoms with E-state index in [9.17, 15) is 0 Å². The van der Waals surface area contributed by atoms with Gasteiger partial charge in [-0.15, -0.1) is 15.9 Å². The van der Waals surface area contributed by atoms with Gasteiger partial charge in [-0.25, -0.2) is 4.98 Å². The number of quaternary nitrogens is 1. The predicted octanol–water partition coefficient (Wildman–Crippen LogP) is 5.10. The molecular weight excluding hydrogens is 368 g/mol.